The number of aromatic nitrogens is 3. The Kier molecular flexibility index (Phi) is 7.15. The van der Waals surface area contributed by atoms with Gasteiger partial charge < -0.3 is 25.5 Å². The molecule has 0 unspecified atom stereocenters. The molecule has 0 bridgehead atoms. The van der Waals surface area contributed by atoms with Gasteiger partial charge in [-0.2, -0.15) is 0 Å². The maximum atomic E-state index is 13.5. The summed E-state index contributed by atoms with van der Waals surface area (Å²) in [4.78, 5) is 37.5. The van der Waals surface area contributed by atoms with Crippen LogP contribution in [0.25, 0.3) is 22.3 Å². The van der Waals surface area contributed by atoms with Gasteiger partial charge in [0.2, 0.25) is 5.91 Å². The highest BCUT2D eigenvalue weighted by Crippen LogP contribution is 2.37. The lowest BCUT2D eigenvalue weighted by atomic mass is 9.82. The van der Waals surface area contributed by atoms with Crippen LogP contribution in [0.1, 0.15) is 60.6 Å². The summed E-state index contributed by atoms with van der Waals surface area (Å²) in [5, 5.41) is 15.1. The van der Waals surface area contributed by atoms with E-state index in [2.05, 4.69) is 38.6 Å². The number of rotatable bonds is 8. The van der Waals surface area contributed by atoms with E-state index in [0.29, 0.717) is 23.6 Å². The number of hydrogen-bond donors (Lipinski definition) is 4. The molecule has 1 aromatic carbocycles. The summed E-state index contributed by atoms with van der Waals surface area (Å²) in [6.45, 7) is 6.17. The van der Waals surface area contributed by atoms with Gasteiger partial charge in [0, 0.05) is 23.3 Å². The van der Waals surface area contributed by atoms with Crippen molar-refractivity contribution in [1.29, 1.82) is 0 Å². The Hall–Kier alpha value is -3.46. The topological polar surface area (TPSA) is 129 Å². The van der Waals surface area contributed by atoms with Crippen LogP contribution in [-0.2, 0) is 4.79 Å². The molecule has 2 saturated carbocycles. The van der Waals surface area contributed by atoms with Crippen LogP contribution in [0.5, 0.6) is 5.75 Å². The van der Waals surface area contributed by atoms with Crippen LogP contribution in [0.4, 0.5) is 0 Å². The second kappa shape index (κ2) is 10.5. The summed E-state index contributed by atoms with van der Waals surface area (Å²) >= 11 is 0. The Morgan fingerprint density at radius 2 is 1.95 bits per heavy atom. The first-order valence-electron chi connectivity index (χ1n) is 13.1. The summed E-state index contributed by atoms with van der Waals surface area (Å²) in [6, 6.07) is 6.09. The molecule has 37 heavy (non-hydrogen) atoms. The van der Waals surface area contributed by atoms with Gasteiger partial charge in [-0.25, -0.2) is 9.97 Å². The van der Waals surface area contributed by atoms with Gasteiger partial charge in [-0.15, -0.1) is 0 Å². The molecule has 3 atom stereocenters. The molecule has 4 N–H and O–H groups in total. The molecular weight excluding hydrogens is 470 g/mol. The molecule has 2 aliphatic rings. The van der Waals surface area contributed by atoms with Gasteiger partial charge in [0.15, 0.2) is 0 Å². The first-order chi connectivity index (χ1) is 17.8. The van der Waals surface area contributed by atoms with Crippen molar-refractivity contribution in [3.05, 3.63) is 41.3 Å². The molecule has 2 aliphatic carbocycles. The van der Waals surface area contributed by atoms with E-state index in [1.165, 1.54) is 19.2 Å². The molecule has 196 valence electrons. The Balaban J connectivity index is 1.38. The van der Waals surface area contributed by atoms with Crippen molar-refractivity contribution in [2.45, 2.75) is 65.0 Å². The van der Waals surface area contributed by atoms with Gasteiger partial charge in [-0.05, 0) is 69.9 Å². The molecule has 2 fully saturated rings. The number of aliphatic hydroxyl groups is 1. The van der Waals surface area contributed by atoms with Crippen LogP contribution in [0.2, 0.25) is 0 Å². The molecule has 2 amide bonds. The second-order valence-electron chi connectivity index (χ2n) is 10.6. The summed E-state index contributed by atoms with van der Waals surface area (Å²) in [6.07, 6.45) is 6.17. The number of nitrogens with zero attached hydrogens (tertiary/aromatic N) is 2. The summed E-state index contributed by atoms with van der Waals surface area (Å²) < 4.78 is 6.16. The van der Waals surface area contributed by atoms with E-state index in [1.54, 1.807) is 0 Å². The number of carbonyl (C=O) groups excluding carboxylic acids is 2. The molecular formula is C28H35N5O4. The number of ether oxygens (including phenoxy) is 1. The van der Waals surface area contributed by atoms with Gasteiger partial charge >= 0.3 is 0 Å². The van der Waals surface area contributed by atoms with E-state index in [-0.39, 0.29) is 29.8 Å². The third kappa shape index (κ3) is 5.46. The van der Waals surface area contributed by atoms with Crippen molar-refractivity contribution in [2.75, 3.05) is 13.2 Å². The zero-order valence-electron chi connectivity index (χ0n) is 21.6. The standard InChI is InChI=1S/C28H35N5O4/c1-15-4-9-22(37-13-18-5-6-18)20(10-15)25-27-26(30-14-29-25)24(17(3)31-27)28(36)32-19-7-8-21(16(2)11-19)33-23(35)12-34/h4,9-10,14,16,18-19,21,31,34H,5-8,11-13H2,1-3H3,(H,32,36)(H,33,35)/t16-,19-,21-/m1/s1. The van der Waals surface area contributed by atoms with E-state index >= 15 is 0 Å². The molecule has 9 heteroatoms. The fraction of sp³-hybridized carbons (Fsp3) is 0.500. The van der Waals surface area contributed by atoms with Gasteiger partial charge in [0.1, 0.15) is 29.9 Å². The van der Waals surface area contributed by atoms with E-state index < -0.39 is 6.61 Å². The third-order valence-electron chi connectivity index (χ3n) is 7.55. The third-order valence-corrected chi connectivity index (χ3v) is 7.55. The Bertz CT molecular complexity index is 1320. The van der Waals surface area contributed by atoms with Gasteiger partial charge in [-0.1, -0.05) is 18.6 Å². The number of H-pyrrole nitrogens is 1. The first-order valence-corrected chi connectivity index (χ1v) is 13.1. The number of nitrogens with one attached hydrogen (secondary N) is 3. The normalized spacial score (nSPS) is 21.6. The van der Waals surface area contributed by atoms with Crippen molar-refractivity contribution in [3.8, 4) is 17.0 Å². The summed E-state index contributed by atoms with van der Waals surface area (Å²) in [7, 11) is 0. The number of carbonyl (C=O) groups is 2. The van der Waals surface area contributed by atoms with E-state index in [9.17, 15) is 9.59 Å². The van der Waals surface area contributed by atoms with E-state index in [0.717, 1.165) is 53.0 Å². The zero-order valence-corrected chi connectivity index (χ0v) is 21.6. The Morgan fingerprint density at radius 3 is 2.68 bits per heavy atom. The molecule has 2 aromatic heterocycles. The fourth-order valence-corrected chi connectivity index (χ4v) is 5.30. The number of fused-ring (bicyclic) bond motifs is 1. The van der Waals surface area contributed by atoms with Gasteiger partial charge in [0.25, 0.3) is 5.91 Å². The molecule has 5 rings (SSSR count). The maximum absolute atomic E-state index is 13.5. The Labute approximate surface area is 216 Å². The number of amides is 2. The average Bonchev–Trinajstić information content (AvgIpc) is 3.64. The van der Waals surface area contributed by atoms with Crippen LogP contribution < -0.4 is 15.4 Å². The summed E-state index contributed by atoms with van der Waals surface area (Å²) in [5.74, 6) is 1.07. The maximum Gasteiger partial charge on any atom is 0.255 e. The highest BCUT2D eigenvalue weighted by atomic mass is 16.5. The number of aliphatic hydroxyl groups excluding tert-OH is 1. The predicted molar refractivity (Wildman–Crippen MR) is 140 cm³/mol. The minimum absolute atomic E-state index is 0.00332. The number of benzene rings is 1. The first kappa shape index (κ1) is 25.2. The van der Waals surface area contributed by atoms with Crippen molar-refractivity contribution < 1.29 is 19.4 Å². The minimum atomic E-state index is -0.510. The van der Waals surface area contributed by atoms with Crippen LogP contribution in [0.3, 0.4) is 0 Å². The number of aromatic amines is 1. The summed E-state index contributed by atoms with van der Waals surface area (Å²) in [5.41, 5.74) is 5.27. The lowest BCUT2D eigenvalue weighted by Crippen LogP contribution is -2.48. The molecule has 9 nitrogen and oxygen atoms in total. The predicted octanol–water partition coefficient (Wildman–Crippen LogP) is 3.43. The lowest BCUT2D eigenvalue weighted by molar-refractivity contribution is -0.125. The molecule has 0 spiro atoms. The molecule has 0 radical (unpaired) electrons. The van der Waals surface area contributed by atoms with Gasteiger partial charge in [0.05, 0.1) is 17.7 Å². The van der Waals surface area contributed by atoms with E-state index in [4.69, 9.17) is 9.84 Å². The van der Waals surface area contributed by atoms with Gasteiger partial charge in [-0.3, -0.25) is 9.59 Å². The number of hydrogen-bond acceptors (Lipinski definition) is 6. The van der Waals surface area contributed by atoms with Crippen LogP contribution >= 0.6 is 0 Å². The largest absolute Gasteiger partial charge is 0.493 e. The molecule has 0 saturated heterocycles. The van der Waals surface area contributed by atoms with Crippen molar-refractivity contribution in [1.82, 2.24) is 25.6 Å². The molecule has 3 aromatic rings. The van der Waals surface area contributed by atoms with Crippen molar-refractivity contribution in [2.24, 2.45) is 11.8 Å². The second-order valence-corrected chi connectivity index (χ2v) is 10.6. The smallest absolute Gasteiger partial charge is 0.255 e. The van der Waals surface area contributed by atoms with Crippen LogP contribution in [0.15, 0.2) is 24.5 Å². The quantitative estimate of drug-likeness (QED) is 0.371. The van der Waals surface area contributed by atoms with Crippen molar-refractivity contribution >= 4 is 22.8 Å². The Morgan fingerprint density at radius 1 is 1.14 bits per heavy atom. The molecule has 2 heterocycles. The SMILES string of the molecule is Cc1ccc(OCC2CC2)c(-c2ncnc3c(C(=O)N[C@@H]4CC[C@@H](NC(=O)CO)[C@H](C)C4)c(C)[nH]c23)c1. The van der Waals surface area contributed by atoms with Crippen molar-refractivity contribution in [3.63, 3.8) is 0 Å². The highest BCUT2D eigenvalue weighted by molar-refractivity contribution is 6.09. The number of aryl methyl sites for hydroxylation is 2. The highest BCUT2D eigenvalue weighted by Gasteiger charge is 2.31. The fourth-order valence-electron chi connectivity index (χ4n) is 5.30. The van der Waals surface area contributed by atoms with E-state index in [1.807, 2.05) is 26.0 Å². The average molecular weight is 506 g/mol. The lowest BCUT2D eigenvalue weighted by Gasteiger charge is -2.34. The van der Waals surface area contributed by atoms with Crippen LogP contribution in [0, 0.1) is 25.7 Å². The van der Waals surface area contributed by atoms with Crippen LogP contribution in [-0.4, -0.2) is 57.2 Å². The zero-order chi connectivity index (χ0) is 26.1. The minimum Gasteiger partial charge on any atom is -0.493 e. The molecule has 0 aliphatic heterocycles. The monoisotopic (exact) mass is 505 g/mol.